The van der Waals surface area contributed by atoms with Crippen LogP contribution in [-0.4, -0.2) is 37.7 Å². The molecule has 3 nitrogen and oxygen atoms in total. The minimum atomic E-state index is -0.161. The summed E-state index contributed by atoms with van der Waals surface area (Å²) in [4.78, 5) is 2.36. The number of ether oxygens (including phenoxy) is 1. The fourth-order valence-corrected chi connectivity index (χ4v) is 3.02. The van der Waals surface area contributed by atoms with Crippen molar-refractivity contribution in [3.63, 3.8) is 0 Å². The molecule has 1 aliphatic rings. The van der Waals surface area contributed by atoms with E-state index in [0.717, 1.165) is 25.1 Å². The number of methoxy groups -OCH3 is 1. The third kappa shape index (κ3) is 3.19. The monoisotopic (exact) mass is 280 g/mol. The van der Waals surface area contributed by atoms with Gasteiger partial charge in [-0.2, -0.15) is 0 Å². The highest BCUT2D eigenvalue weighted by Crippen LogP contribution is 2.28. The largest absolute Gasteiger partial charge is 0.380 e. The maximum Gasteiger partial charge on any atom is 0.126 e. The molecule has 1 aliphatic heterocycles. The van der Waals surface area contributed by atoms with Crippen LogP contribution in [0.4, 0.5) is 4.39 Å². The molecular formula is C16H25FN2O. The van der Waals surface area contributed by atoms with Gasteiger partial charge in [0.2, 0.25) is 0 Å². The number of hydrogen-bond acceptors (Lipinski definition) is 3. The second kappa shape index (κ2) is 6.66. The molecule has 0 aliphatic carbocycles. The average molecular weight is 280 g/mol. The Balaban J connectivity index is 2.17. The van der Waals surface area contributed by atoms with Crippen molar-refractivity contribution < 1.29 is 9.13 Å². The van der Waals surface area contributed by atoms with E-state index in [4.69, 9.17) is 10.5 Å². The molecule has 2 rings (SSSR count). The lowest BCUT2D eigenvalue weighted by Crippen LogP contribution is -2.47. The molecule has 0 aromatic heterocycles. The molecule has 1 aromatic carbocycles. The van der Waals surface area contributed by atoms with E-state index in [1.165, 1.54) is 6.07 Å². The molecule has 0 saturated carbocycles. The molecule has 3 atom stereocenters. The van der Waals surface area contributed by atoms with E-state index in [2.05, 4.69) is 11.8 Å². The summed E-state index contributed by atoms with van der Waals surface area (Å²) >= 11 is 0. The Morgan fingerprint density at radius 1 is 1.50 bits per heavy atom. The van der Waals surface area contributed by atoms with Crippen molar-refractivity contribution in [2.24, 2.45) is 11.7 Å². The van der Waals surface area contributed by atoms with Gasteiger partial charge in [-0.1, -0.05) is 19.1 Å². The van der Waals surface area contributed by atoms with Crippen molar-refractivity contribution in [1.82, 2.24) is 4.90 Å². The predicted octanol–water partition coefficient (Wildman–Crippen LogP) is 2.49. The molecule has 1 heterocycles. The molecule has 2 N–H and O–H groups in total. The standard InChI is InChI=1S/C16H25FN2O/c1-11-6-7-19(10-16(11)20-3)15(9-18)13-4-5-14(17)12(2)8-13/h4-5,8,11,15-16H,6-7,9-10,18H2,1-3H3. The zero-order valence-electron chi connectivity index (χ0n) is 12.6. The molecule has 112 valence electrons. The molecule has 0 bridgehead atoms. The number of halogens is 1. The number of benzene rings is 1. The zero-order chi connectivity index (χ0) is 14.7. The summed E-state index contributed by atoms with van der Waals surface area (Å²) in [5.74, 6) is 0.413. The van der Waals surface area contributed by atoms with Gasteiger partial charge in [0.1, 0.15) is 5.82 Å². The summed E-state index contributed by atoms with van der Waals surface area (Å²) in [6, 6.07) is 5.43. The van der Waals surface area contributed by atoms with Crippen LogP contribution in [0.1, 0.15) is 30.5 Å². The van der Waals surface area contributed by atoms with Gasteiger partial charge >= 0.3 is 0 Å². The van der Waals surface area contributed by atoms with Crippen molar-refractivity contribution in [1.29, 1.82) is 0 Å². The van der Waals surface area contributed by atoms with E-state index in [-0.39, 0.29) is 18.0 Å². The Morgan fingerprint density at radius 3 is 2.85 bits per heavy atom. The van der Waals surface area contributed by atoms with Crippen LogP contribution in [0.25, 0.3) is 0 Å². The normalized spacial score (nSPS) is 25.6. The molecule has 0 amide bonds. The molecule has 20 heavy (non-hydrogen) atoms. The van der Waals surface area contributed by atoms with Gasteiger partial charge in [0, 0.05) is 26.2 Å². The van der Waals surface area contributed by atoms with Crippen LogP contribution >= 0.6 is 0 Å². The number of hydrogen-bond donors (Lipinski definition) is 1. The number of rotatable bonds is 4. The van der Waals surface area contributed by atoms with Crippen molar-refractivity contribution in [3.05, 3.63) is 35.1 Å². The van der Waals surface area contributed by atoms with Gasteiger partial charge in [-0.25, -0.2) is 4.39 Å². The van der Waals surface area contributed by atoms with E-state index in [9.17, 15) is 4.39 Å². The number of aryl methyl sites for hydroxylation is 1. The van der Waals surface area contributed by atoms with Crippen molar-refractivity contribution in [3.8, 4) is 0 Å². The van der Waals surface area contributed by atoms with Crippen molar-refractivity contribution in [2.75, 3.05) is 26.7 Å². The fourth-order valence-electron chi connectivity index (χ4n) is 3.02. The van der Waals surface area contributed by atoms with Gasteiger partial charge < -0.3 is 10.5 Å². The summed E-state index contributed by atoms with van der Waals surface area (Å²) in [5.41, 5.74) is 7.74. The first kappa shape index (κ1) is 15.4. The lowest BCUT2D eigenvalue weighted by atomic mass is 9.93. The Labute approximate surface area is 120 Å². The Kier molecular flexibility index (Phi) is 5.13. The predicted molar refractivity (Wildman–Crippen MR) is 79.1 cm³/mol. The number of likely N-dealkylation sites (tertiary alicyclic amines) is 1. The summed E-state index contributed by atoms with van der Waals surface area (Å²) < 4.78 is 19.0. The average Bonchev–Trinajstić information content (AvgIpc) is 2.45. The van der Waals surface area contributed by atoms with E-state index >= 15 is 0 Å². The van der Waals surface area contributed by atoms with Gasteiger partial charge in [-0.05, 0) is 43.0 Å². The van der Waals surface area contributed by atoms with Gasteiger partial charge in [0.05, 0.1) is 6.10 Å². The highest BCUT2D eigenvalue weighted by molar-refractivity contribution is 5.27. The minimum Gasteiger partial charge on any atom is -0.380 e. The Bertz CT molecular complexity index is 452. The van der Waals surface area contributed by atoms with E-state index in [1.807, 2.05) is 12.1 Å². The van der Waals surface area contributed by atoms with E-state index in [1.54, 1.807) is 14.0 Å². The first-order valence-corrected chi connectivity index (χ1v) is 7.29. The molecule has 1 fully saturated rings. The summed E-state index contributed by atoms with van der Waals surface area (Å²) in [7, 11) is 1.77. The second-order valence-corrected chi connectivity index (χ2v) is 5.80. The summed E-state index contributed by atoms with van der Waals surface area (Å²) in [5, 5.41) is 0. The number of piperidine rings is 1. The SMILES string of the molecule is COC1CN(C(CN)c2ccc(F)c(C)c2)CCC1C. The van der Waals surface area contributed by atoms with Gasteiger partial charge in [0.15, 0.2) is 0 Å². The maximum absolute atomic E-state index is 13.4. The Hall–Kier alpha value is -0.970. The first-order chi connectivity index (χ1) is 9.56. The van der Waals surface area contributed by atoms with Gasteiger partial charge in [-0.3, -0.25) is 4.90 Å². The van der Waals surface area contributed by atoms with Gasteiger partial charge in [0.25, 0.3) is 0 Å². The molecule has 0 radical (unpaired) electrons. The third-order valence-corrected chi connectivity index (χ3v) is 4.45. The topological polar surface area (TPSA) is 38.5 Å². The fraction of sp³-hybridized carbons (Fsp3) is 0.625. The molecular weight excluding hydrogens is 255 g/mol. The van der Waals surface area contributed by atoms with E-state index < -0.39 is 0 Å². The van der Waals surface area contributed by atoms with Crippen LogP contribution < -0.4 is 5.73 Å². The molecule has 0 spiro atoms. The van der Waals surface area contributed by atoms with Crippen LogP contribution in [0.3, 0.4) is 0 Å². The lowest BCUT2D eigenvalue weighted by Gasteiger charge is -2.40. The van der Waals surface area contributed by atoms with Crippen LogP contribution in [0.15, 0.2) is 18.2 Å². The summed E-state index contributed by atoms with van der Waals surface area (Å²) in [6.45, 7) is 6.46. The zero-order valence-corrected chi connectivity index (χ0v) is 12.6. The van der Waals surface area contributed by atoms with E-state index in [0.29, 0.717) is 18.0 Å². The van der Waals surface area contributed by atoms with Crippen LogP contribution in [0.2, 0.25) is 0 Å². The molecule has 3 unspecified atom stereocenters. The van der Waals surface area contributed by atoms with Crippen molar-refractivity contribution >= 4 is 0 Å². The maximum atomic E-state index is 13.4. The highest BCUT2D eigenvalue weighted by Gasteiger charge is 2.30. The number of nitrogens with zero attached hydrogens (tertiary/aromatic N) is 1. The van der Waals surface area contributed by atoms with Crippen molar-refractivity contribution in [2.45, 2.75) is 32.4 Å². The number of nitrogens with two attached hydrogens (primary N) is 1. The Morgan fingerprint density at radius 2 is 2.25 bits per heavy atom. The van der Waals surface area contributed by atoms with Crippen LogP contribution in [0.5, 0.6) is 0 Å². The molecule has 1 aromatic rings. The molecule has 4 heteroatoms. The first-order valence-electron chi connectivity index (χ1n) is 7.29. The smallest absolute Gasteiger partial charge is 0.126 e. The molecule has 1 saturated heterocycles. The quantitative estimate of drug-likeness (QED) is 0.921. The van der Waals surface area contributed by atoms with Crippen LogP contribution in [0, 0.1) is 18.7 Å². The van der Waals surface area contributed by atoms with Gasteiger partial charge in [-0.15, -0.1) is 0 Å². The summed E-state index contributed by atoms with van der Waals surface area (Å²) in [6.07, 6.45) is 1.36. The van der Waals surface area contributed by atoms with Crippen LogP contribution in [-0.2, 0) is 4.74 Å². The highest BCUT2D eigenvalue weighted by atomic mass is 19.1. The third-order valence-electron chi connectivity index (χ3n) is 4.45. The lowest BCUT2D eigenvalue weighted by molar-refractivity contribution is -0.0183. The minimum absolute atomic E-state index is 0.138. The second-order valence-electron chi connectivity index (χ2n) is 5.80.